The van der Waals surface area contributed by atoms with Crippen LogP contribution in [0.3, 0.4) is 0 Å². The zero-order chi connectivity index (χ0) is 33.6. The van der Waals surface area contributed by atoms with Crippen LogP contribution in [0, 0.1) is 0 Å². The lowest BCUT2D eigenvalue weighted by molar-refractivity contribution is -0.137. The summed E-state index contributed by atoms with van der Waals surface area (Å²) >= 11 is 0. The van der Waals surface area contributed by atoms with E-state index in [4.69, 9.17) is 0 Å². The summed E-state index contributed by atoms with van der Waals surface area (Å²) in [6.07, 6.45) is 49.0. The molecule has 4 nitrogen and oxygen atoms in total. The molecule has 0 unspecified atom stereocenters. The van der Waals surface area contributed by atoms with Crippen molar-refractivity contribution in [2.75, 3.05) is 19.7 Å². The maximum absolute atomic E-state index is 11.3. The van der Waals surface area contributed by atoms with Crippen molar-refractivity contribution in [3.8, 4) is 0 Å². The van der Waals surface area contributed by atoms with Gasteiger partial charge < -0.3 is 10.2 Å². The Morgan fingerprint density at radius 3 is 1.15 bits per heavy atom. The number of hydrogen-bond acceptors (Lipinski definition) is 3. The monoisotopic (exact) mass is 648 g/mol. The molecule has 0 atom stereocenters. The molecule has 0 spiro atoms. The van der Waals surface area contributed by atoms with Crippen molar-refractivity contribution < 1.29 is 15.0 Å². The predicted molar refractivity (Wildman–Crippen MR) is 203 cm³/mol. The summed E-state index contributed by atoms with van der Waals surface area (Å²) in [6, 6.07) is 0.403. The van der Waals surface area contributed by atoms with Gasteiger partial charge >= 0.3 is 5.97 Å². The average molecular weight is 648 g/mol. The van der Waals surface area contributed by atoms with E-state index in [0.717, 1.165) is 12.8 Å². The SMILES string of the molecule is CCCCCCCC/C=C\CCCCCCCCC(CCCCCCCC/C=C\CCCCCCCC)N(CCO)CCC(=O)O. The Morgan fingerprint density at radius 2 is 0.826 bits per heavy atom. The second kappa shape index (κ2) is 38.3. The van der Waals surface area contributed by atoms with Gasteiger partial charge in [0, 0.05) is 19.1 Å². The number of aliphatic hydroxyl groups excluding tert-OH is 1. The normalized spacial score (nSPS) is 12.1. The minimum atomic E-state index is -0.740. The highest BCUT2D eigenvalue weighted by Crippen LogP contribution is 2.20. The summed E-state index contributed by atoms with van der Waals surface area (Å²) in [5.74, 6) is -0.740. The van der Waals surface area contributed by atoms with Crippen molar-refractivity contribution in [3.05, 3.63) is 24.3 Å². The molecule has 0 aromatic rings. The van der Waals surface area contributed by atoms with Gasteiger partial charge in [-0.1, -0.05) is 167 Å². The first-order valence-electron chi connectivity index (χ1n) is 20.5. The maximum atomic E-state index is 11.3. The highest BCUT2D eigenvalue weighted by Gasteiger charge is 2.18. The van der Waals surface area contributed by atoms with E-state index in [1.165, 1.54) is 180 Å². The van der Waals surface area contributed by atoms with Gasteiger partial charge in [-0.25, -0.2) is 0 Å². The summed E-state index contributed by atoms with van der Waals surface area (Å²) in [5, 5.41) is 18.9. The lowest BCUT2D eigenvalue weighted by Crippen LogP contribution is -2.39. The smallest absolute Gasteiger partial charge is 0.304 e. The van der Waals surface area contributed by atoms with Crippen molar-refractivity contribution in [1.82, 2.24) is 4.90 Å². The molecule has 0 aliphatic rings. The van der Waals surface area contributed by atoms with Crippen LogP contribution in [0.4, 0.5) is 0 Å². The Hall–Kier alpha value is -1.13. The van der Waals surface area contributed by atoms with Gasteiger partial charge in [-0.3, -0.25) is 9.69 Å². The van der Waals surface area contributed by atoms with E-state index in [9.17, 15) is 15.0 Å². The molecule has 0 bridgehead atoms. The summed E-state index contributed by atoms with van der Waals surface area (Å²) in [7, 11) is 0. The highest BCUT2D eigenvalue weighted by molar-refractivity contribution is 5.66. The van der Waals surface area contributed by atoms with Gasteiger partial charge in [0.25, 0.3) is 0 Å². The van der Waals surface area contributed by atoms with Crippen molar-refractivity contribution in [3.63, 3.8) is 0 Å². The van der Waals surface area contributed by atoms with Crippen molar-refractivity contribution in [1.29, 1.82) is 0 Å². The third-order valence-corrected chi connectivity index (χ3v) is 9.61. The van der Waals surface area contributed by atoms with Crippen molar-refractivity contribution in [2.24, 2.45) is 0 Å². The lowest BCUT2D eigenvalue weighted by atomic mass is 9.98. The molecule has 0 amide bonds. The minimum Gasteiger partial charge on any atom is -0.481 e. The molecule has 0 heterocycles. The highest BCUT2D eigenvalue weighted by atomic mass is 16.4. The number of hydrogen-bond donors (Lipinski definition) is 2. The fraction of sp³-hybridized carbons (Fsp3) is 0.881. The van der Waals surface area contributed by atoms with E-state index in [1.54, 1.807) is 0 Å². The van der Waals surface area contributed by atoms with Gasteiger partial charge in [0.2, 0.25) is 0 Å². The standard InChI is InChI=1S/C42H81NO3/c1-3-5-7-9-11-13-15-17-19-21-23-25-27-29-31-33-35-41(43(39-40-44)38-37-42(45)46)36-34-32-30-28-26-24-22-20-18-16-14-12-10-8-6-4-2/h17-20,41,44H,3-16,21-40H2,1-2H3,(H,45,46)/b19-17-,20-18-. The largest absolute Gasteiger partial charge is 0.481 e. The van der Waals surface area contributed by atoms with Crippen LogP contribution in [0.15, 0.2) is 24.3 Å². The van der Waals surface area contributed by atoms with E-state index in [0.29, 0.717) is 19.1 Å². The van der Waals surface area contributed by atoms with Gasteiger partial charge in [-0.2, -0.15) is 0 Å². The number of aliphatic carboxylic acids is 1. The molecule has 4 heteroatoms. The summed E-state index contributed by atoms with van der Waals surface area (Å²) in [5.41, 5.74) is 0. The number of carboxylic acid groups (broad SMARTS) is 1. The topological polar surface area (TPSA) is 60.8 Å². The van der Waals surface area contributed by atoms with E-state index in [2.05, 4.69) is 43.1 Å². The zero-order valence-electron chi connectivity index (χ0n) is 31.2. The maximum Gasteiger partial charge on any atom is 0.304 e. The molecule has 0 aromatic heterocycles. The van der Waals surface area contributed by atoms with E-state index >= 15 is 0 Å². The number of carbonyl (C=O) groups is 1. The summed E-state index contributed by atoms with van der Waals surface area (Å²) in [6.45, 7) is 5.81. The van der Waals surface area contributed by atoms with Gasteiger partial charge in [-0.05, 0) is 64.2 Å². The fourth-order valence-electron chi connectivity index (χ4n) is 6.61. The first-order valence-corrected chi connectivity index (χ1v) is 20.5. The van der Waals surface area contributed by atoms with Gasteiger partial charge in [-0.15, -0.1) is 0 Å². The molecular weight excluding hydrogens is 566 g/mol. The van der Waals surface area contributed by atoms with Crippen LogP contribution in [-0.2, 0) is 4.79 Å². The predicted octanol–water partition coefficient (Wildman–Crippen LogP) is 13.0. The number of nitrogens with zero attached hydrogens (tertiary/aromatic N) is 1. The van der Waals surface area contributed by atoms with Crippen LogP contribution in [0.2, 0.25) is 0 Å². The molecule has 0 rings (SSSR count). The molecule has 0 aromatic carbocycles. The molecule has 0 radical (unpaired) electrons. The van der Waals surface area contributed by atoms with Gasteiger partial charge in [0.15, 0.2) is 0 Å². The lowest BCUT2D eigenvalue weighted by Gasteiger charge is -2.31. The first-order chi connectivity index (χ1) is 22.7. The van der Waals surface area contributed by atoms with Crippen molar-refractivity contribution >= 4 is 5.97 Å². The quantitative estimate of drug-likeness (QED) is 0.0517. The second-order valence-electron chi connectivity index (χ2n) is 14.0. The second-order valence-corrected chi connectivity index (χ2v) is 14.0. The zero-order valence-corrected chi connectivity index (χ0v) is 31.2. The van der Waals surface area contributed by atoms with Crippen molar-refractivity contribution in [2.45, 2.75) is 219 Å². The molecule has 0 saturated carbocycles. The average Bonchev–Trinajstić information content (AvgIpc) is 3.05. The summed E-state index contributed by atoms with van der Waals surface area (Å²) in [4.78, 5) is 13.5. The Morgan fingerprint density at radius 1 is 0.500 bits per heavy atom. The minimum absolute atomic E-state index is 0.108. The third kappa shape index (κ3) is 34.2. The third-order valence-electron chi connectivity index (χ3n) is 9.61. The van der Waals surface area contributed by atoms with Crippen LogP contribution < -0.4 is 0 Å². The molecule has 46 heavy (non-hydrogen) atoms. The Bertz CT molecular complexity index is 619. The van der Waals surface area contributed by atoms with E-state index in [1.807, 2.05) is 0 Å². The Balaban J connectivity index is 4.06. The van der Waals surface area contributed by atoms with E-state index in [-0.39, 0.29) is 13.0 Å². The Labute approximate surface area is 288 Å². The summed E-state index contributed by atoms with van der Waals surface area (Å²) < 4.78 is 0. The number of allylic oxidation sites excluding steroid dienone is 4. The molecule has 2 N–H and O–H groups in total. The first kappa shape index (κ1) is 44.9. The molecule has 0 fully saturated rings. The number of carboxylic acids is 1. The Kier molecular flexibility index (Phi) is 37.4. The number of aliphatic hydroxyl groups is 1. The molecule has 272 valence electrons. The van der Waals surface area contributed by atoms with Crippen LogP contribution in [0.25, 0.3) is 0 Å². The number of rotatable bonds is 38. The molecular formula is C42H81NO3. The van der Waals surface area contributed by atoms with Crippen LogP contribution >= 0.6 is 0 Å². The number of unbranched alkanes of at least 4 members (excludes halogenated alkanes) is 24. The fourth-order valence-corrected chi connectivity index (χ4v) is 6.61. The molecule has 0 aliphatic carbocycles. The molecule has 0 saturated heterocycles. The van der Waals surface area contributed by atoms with E-state index < -0.39 is 5.97 Å². The van der Waals surface area contributed by atoms with Crippen LogP contribution in [-0.4, -0.2) is 46.8 Å². The van der Waals surface area contributed by atoms with Gasteiger partial charge in [0.05, 0.1) is 13.0 Å². The van der Waals surface area contributed by atoms with Gasteiger partial charge in [0.1, 0.15) is 0 Å². The van der Waals surface area contributed by atoms with Crippen LogP contribution in [0.1, 0.15) is 213 Å². The van der Waals surface area contributed by atoms with Crippen LogP contribution in [0.5, 0.6) is 0 Å². The molecule has 0 aliphatic heterocycles.